The maximum atomic E-state index is 12.5. The largest absolute Gasteiger partial charge is 0.490 e. The number of benzene rings is 2. The average molecular weight is 385 g/mol. The number of hydrogen-bond acceptors (Lipinski definition) is 4. The van der Waals surface area contributed by atoms with Crippen LogP contribution in [0.3, 0.4) is 0 Å². The Labute approximate surface area is 164 Å². The standard InChI is InChI=1S/C20H23N3O3S/c1-12(2)26-18-8-6-5-7-16(18)19(25)23-20(27)22-15-10-9-13(3)17(11-15)21-14(4)24/h5-12H,1-4H3,(H,21,24)(H2,22,23,25,27). The first-order valence-corrected chi connectivity index (χ1v) is 8.93. The van der Waals surface area contributed by atoms with Crippen molar-refractivity contribution in [2.45, 2.75) is 33.8 Å². The van der Waals surface area contributed by atoms with Gasteiger partial charge in [0.25, 0.3) is 5.91 Å². The fraction of sp³-hybridized carbons (Fsp3) is 0.250. The van der Waals surface area contributed by atoms with Crippen molar-refractivity contribution in [1.82, 2.24) is 5.32 Å². The van der Waals surface area contributed by atoms with Gasteiger partial charge in [0, 0.05) is 18.3 Å². The predicted octanol–water partition coefficient (Wildman–Crippen LogP) is 3.87. The molecule has 3 N–H and O–H groups in total. The first-order valence-electron chi connectivity index (χ1n) is 8.52. The molecule has 0 heterocycles. The van der Waals surface area contributed by atoms with E-state index < -0.39 is 0 Å². The third kappa shape index (κ3) is 6.07. The number of ether oxygens (including phenoxy) is 1. The molecule has 2 aromatic carbocycles. The van der Waals surface area contributed by atoms with Crippen LogP contribution in [0.4, 0.5) is 11.4 Å². The van der Waals surface area contributed by atoms with E-state index in [0.29, 0.717) is 22.7 Å². The zero-order valence-corrected chi connectivity index (χ0v) is 16.6. The highest BCUT2D eigenvalue weighted by atomic mass is 32.1. The molecule has 2 aromatic rings. The molecule has 0 aliphatic rings. The summed E-state index contributed by atoms with van der Waals surface area (Å²) in [4.78, 5) is 23.8. The molecule has 0 aliphatic heterocycles. The van der Waals surface area contributed by atoms with E-state index in [1.807, 2.05) is 32.9 Å². The molecule has 0 aliphatic carbocycles. The topological polar surface area (TPSA) is 79.5 Å². The molecule has 2 amide bonds. The number of para-hydroxylation sites is 1. The van der Waals surface area contributed by atoms with Gasteiger partial charge in [-0.3, -0.25) is 14.9 Å². The minimum absolute atomic E-state index is 0.0521. The quantitative estimate of drug-likeness (QED) is 0.681. The van der Waals surface area contributed by atoms with Gasteiger partial charge < -0.3 is 15.4 Å². The number of rotatable bonds is 5. The lowest BCUT2D eigenvalue weighted by Crippen LogP contribution is -2.34. The number of thiocarbonyl (C=S) groups is 1. The van der Waals surface area contributed by atoms with E-state index in [1.165, 1.54) is 6.92 Å². The molecule has 6 nitrogen and oxygen atoms in total. The van der Waals surface area contributed by atoms with E-state index in [2.05, 4.69) is 16.0 Å². The highest BCUT2D eigenvalue weighted by Gasteiger charge is 2.14. The molecule has 0 fully saturated rings. The molecule has 27 heavy (non-hydrogen) atoms. The van der Waals surface area contributed by atoms with Gasteiger partial charge in [-0.05, 0) is 62.8 Å². The minimum Gasteiger partial charge on any atom is -0.490 e. The molecule has 0 bridgehead atoms. The lowest BCUT2D eigenvalue weighted by Gasteiger charge is -2.15. The second kappa shape index (κ2) is 9.14. The molecule has 0 saturated heterocycles. The van der Waals surface area contributed by atoms with Gasteiger partial charge in [0.05, 0.1) is 11.7 Å². The van der Waals surface area contributed by atoms with Gasteiger partial charge in [-0.25, -0.2) is 0 Å². The Morgan fingerprint density at radius 2 is 1.78 bits per heavy atom. The molecular weight excluding hydrogens is 362 g/mol. The van der Waals surface area contributed by atoms with Crippen LogP contribution in [0.2, 0.25) is 0 Å². The maximum Gasteiger partial charge on any atom is 0.261 e. The molecule has 142 valence electrons. The van der Waals surface area contributed by atoms with Crippen LogP contribution in [0, 0.1) is 6.92 Å². The van der Waals surface area contributed by atoms with Gasteiger partial charge >= 0.3 is 0 Å². The second-order valence-corrected chi connectivity index (χ2v) is 6.69. The van der Waals surface area contributed by atoms with E-state index >= 15 is 0 Å². The number of anilines is 2. The molecule has 0 unspecified atom stereocenters. The molecule has 2 rings (SSSR count). The van der Waals surface area contributed by atoms with E-state index in [0.717, 1.165) is 5.56 Å². The fourth-order valence-corrected chi connectivity index (χ4v) is 2.58. The first kappa shape index (κ1) is 20.4. The van der Waals surface area contributed by atoms with Crippen molar-refractivity contribution in [3.63, 3.8) is 0 Å². The summed E-state index contributed by atoms with van der Waals surface area (Å²) in [6.45, 7) is 7.12. The smallest absolute Gasteiger partial charge is 0.261 e. The van der Waals surface area contributed by atoms with Crippen LogP contribution < -0.4 is 20.7 Å². The summed E-state index contributed by atoms with van der Waals surface area (Å²) < 4.78 is 5.67. The van der Waals surface area contributed by atoms with Crippen molar-refractivity contribution in [2.75, 3.05) is 10.6 Å². The third-order valence-corrected chi connectivity index (χ3v) is 3.73. The molecule has 0 saturated carbocycles. The molecule has 7 heteroatoms. The summed E-state index contributed by atoms with van der Waals surface area (Å²) in [6, 6.07) is 12.4. The summed E-state index contributed by atoms with van der Waals surface area (Å²) in [7, 11) is 0. The lowest BCUT2D eigenvalue weighted by atomic mass is 10.1. The summed E-state index contributed by atoms with van der Waals surface area (Å²) in [5, 5.41) is 8.50. The van der Waals surface area contributed by atoms with Crippen LogP contribution in [0.15, 0.2) is 42.5 Å². The third-order valence-electron chi connectivity index (χ3n) is 3.53. The number of nitrogens with one attached hydrogen (secondary N) is 3. The van der Waals surface area contributed by atoms with E-state index in [4.69, 9.17) is 17.0 Å². The number of carbonyl (C=O) groups excluding carboxylic acids is 2. The van der Waals surface area contributed by atoms with Crippen molar-refractivity contribution in [3.8, 4) is 5.75 Å². The highest BCUT2D eigenvalue weighted by molar-refractivity contribution is 7.80. The van der Waals surface area contributed by atoms with E-state index in [9.17, 15) is 9.59 Å². The Kier molecular flexibility index (Phi) is 6.90. The molecular formula is C20H23N3O3S. The van der Waals surface area contributed by atoms with Crippen LogP contribution in [-0.4, -0.2) is 23.0 Å². The van der Waals surface area contributed by atoms with Crippen LogP contribution in [0.5, 0.6) is 5.75 Å². The van der Waals surface area contributed by atoms with Gasteiger partial charge in [0.2, 0.25) is 5.91 Å². The first-order chi connectivity index (χ1) is 12.8. The zero-order chi connectivity index (χ0) is 20.0. The van der Waals surface area contributed by atoms with Crippen molar-refractivity contribution in [2.24, 2.45) is 0 Å². The minimum atomic E-state index is -0.363. The van der Waals surface area contributed by atoms with Crippen molar-refractivity contribution in [3.05, 3.63) is 53.6 Å². The normalized spacial score (nSPS) is 10.3. The number of carbonyl (C=O) groups is 2. The summed E-state index contributed by atoms with van der Waals surface area (Å²) in [5.41, 5.74) is 2.65. The molecule has 0 atom stereocenters. The summed E-state index contributed by atoms with van der Waals surface area (Å²) in [6.07, 6.45) is -0.0521. The SMILES string of the molecule is CC(=O)Nc1cc(NC(=S)NC(=O)c2ccccc2OC(C)C)ccc1C. The zero-order valence-electron chi connectivity index (χ0n) is 15.8. The Morgan fingerprint density at radius 1 is 1.07 bits per heavy atom. The number of hydrogen-bond donors (Lipinski definition) is 3. The van der Waals surface area contributed by atoms with Crippen molar-refractivity contribution < 1.29 is 14.3 Å². The van der Waals surface area contributed by atoms with Gasteiger partial charge in [-0.2, -0.15) is 0 Å². The van der Waals surface area contributed by atoms with Crippen molar-refractivity contribution in [1.29, 1.82) is 0 Å². The molecule has 0 aromatic heterocycles. The van der Waals surface area contributed by atoms with Crippen LogP contribution in [0.1, 0.15) is 36.7 Å². The van der Waals surface area contributed by atoms with Crippen molar-refractivity contribution >= 4 is 40.5 Å². The van der Waals surface area contributed by atoms with Gasteiger partial charge in [-0.1, -0.05) is 18.2 Å². The molecule has 0 spiro atoms. The number of aryl methyl sites for hydroxylation is 1. The average Bonchev–Trinajstić information content (AvgIpc) is 2.57. The second-order valence-electron chi connectivity index (χ2n) is 6.28. The molecule has 0 radical (unpaired) electrons. The van der Waals surface area contributed by atoms with Crippen LogP contribution in [-0.2, 0) is 4.79 Å². The summed E-state index contributed by atoms with van der Waals surface area (Å²) >= 11 is 5.24. The van der Waals surface area contributed by atoms with Gasteiger partial charge in [0.15, 0.2) is 5.11 Å². The van der Waals surface area contributed by atoms with E-state index in [1.54, 1.807) is 30.3 Å². The van der Waals surface area contributed by atoms with E-state index in [-0.39, 0.29) is 23.0 Å². The monoisotopic (exact) mass is 385 g/mol. The Bertz CT molecular complexity index is 865. The fourth-order valence-electron chi connectivity index (χ4n) is 2.37. The van der Waals surface area contributed by atoms with Crippen LogP contribution >= 0.6 is 12.2 Å². The Hall–Kier alpha value is -2.93. The maximum absolute atomic E-state index is 12.5. The Morgan fingerprint density at radius 3 is 2.44 bits per heavy atom. The van der Waals surface area contributed by atoms with Gasteiger partial charge in [-0.15, -0.1) is 0 Å². The number of amides is 2. The highest BCUT2D eigenvalue weighted by Crippen LogP contribution is 2.21. The summed E-state index contributed by atoms with van der Waals surface area (Å²) in [5.74, 6) is -0.0260. The van der Waals surface area contributed by atoms with Gasteiger partial charge in [0.1, 0.15) is 5.75 Å². The predicted molar refractivity (Wildman–Crippen MR) is 111 cm³/mol. The lowest BCUT2D eigenvalue weighted by molar-refractivity contribution is -0.114. The Balaban J connectivity index is 2.08. The van der Waals surface area contributed by atoms with Crippen LogP contribution in [0.25, 0.3) is 0 Å².